The molecule has 4 heteroatoms. The molecule has 0 fully saturated rings. The van der Waals surface area contributed by atoms with Crippen LogP contribution in [-0.4, -0.2) is 23.4 Å². The molecule has 66 valence electrons. The zero-order valence-electron chi connectivity index (χ0n) is 6.78. The van der Waals surface area contributed by atoms with Crippen LogP contribution in [0.2, 0.25) is 0 Å². The number of carboxylic acid groups (broad SMARTS) is 1. The largest absolute Gasteiger partial charge is 0.477 e. The summed E-state index contributed by atoms with van der Waals surface area (Å²) in [6, 6.07) is 0. The number of dihydropyridines is 1. The van der Waals surface area contributed by atoms with Crippen LogP contribution in [0.5, 0.6) is 0 Å². The van der Waals surface area contributed by atoms with Crippen molar-refractivity contribution in [2.45, 2.75) is 12.6 Å². The molecule has 0 radical (unpaired) electrons. The maximum absolute atomic E-state index is 10.8. The lowest BCUT2D eigenvalue weighted by atomic mass is 10.1. The first-order chi connectivity index (χ1) is 5.71. The van der Waals surface area contributed by atoms with Gasteiger partial charge in [0.2, 0.25) is 0 Å². The average Bonchev–Trinajstić information content (AvgIpc) is 2.06. The first-order valence-corrected chi connectivity index (χ1v) is 3.70. The number of ether oxygens (including phenoxy) is 1. The molecule has 0 saturated heterocycles. The van der Waals surface area contributed by atoms with Crippen LogP contribution in [0, 0.1) is 0 Å². The Balaban J connectivity index is 2.80. The predicted molar refractivity (Wildman–Crippen MR) is 43.4 cm³/mol. The van der Waals surface area contributed by atoms with E-state index in [1.165, 1.54) is 6.08 Å². The SMILES string of the molecule is CCOC1(C(=O)O)C=CC=CN1. The van der Waals surface area contributed by atoms with Crippen LogP contribution in [0.4, 0.5) is 0 Å². The van der Waals surface area contributed by atoms with Crippen molar-refractivity contribution in [3.8, 4) is 0 Å². The molecule has 1 atom stereocenters. The summed E-state index contributed by atoms with van der Waals surface area (Å²) in [5.74, 6) is -1.04. The highest BCUT2D eigenvalue weighted by Gasteiger charge is 2.36. The molecule has 0 aromatic carbocycles. The monoisotopic (exact) mass is 169 g/mol. The molecule has 12 heavy (non-hydrogen) atoms. The van der Waals surface area contributed by atoms with Gasteiger partial charge in [0.25, 0.3) is 5.72 Å². The summed E-state index contributed by atoms with van der Waals surface area (Å²) in [4.78, 5) is 10.8. The van der Waals surface area contributed by atoms with E-state index in [1.54, 1.807) is 25.3 Å². The van der Waals surface area contributed by atoms with Gasteiger partial charge in [0.15, 0.2) is 0 Å². The van der Waals surface area contributed by atoms with E-state index >= 15 is 0 Å². The van der Waals surface area contributed by atoms with E-state index in [0.717, 1.165) is 0 Å². The first kappa shape index (κ1) is 8.80. The standard InChI is InChI=1S/C8H11NO3/c1-2-12-8(7(10)11)5-3-4-6-9-8/h3-6,9H,2H2,1H3,(H,10,11). The zero-order valence-corrected chi connectivity index (χ0v) is 6.78. The summed E-state index contributed by atoms with van der Waals surface area (Å²) >= 11 is 0. The molecule has 1 rings (SSSR count). The molecular weight excluding hydrogens is 158 g/mol. The van der Waals surface area contributed by atoms with E-state index < -0.39 is 11.7 Å². The Labute approximate surface area is 70.5 Å². The normalized spacial score (nSPS) is 26.8. The van der Waals surface area contributed by atoms with Gasteiger partial charge in [-0.25, -0.2) is 4.79 Å². The summed E-state index contributed by atoms with van der Waals surface area (Å²) in [6.45, 7) is 2.09. The van der Waals surface area contributed by atoms with E-state index in [2.05, 4.69) is 5.32 Å². The number of hydrogen-bond donors (Lipinski definition) is 2. The van der Waals surface area contributed by atoms with E-state index in [-0.39, 0.29) is 0 Å². The van der Waals surface area contributed by atoms with Gasteiger partial charge in [0, 0.05) is 6.61 Å². The van der Waals surface area contributed by atoms with Gasteiger partial charge in [0.05, 0.1) is 0 Å². The van der Waals surface area contributed by atoms with Crippen LogP contribution < -0.4 is 5.32 Å². The highest BCUT2D eigenvalue weighted by atomic mass is 16.5. The molecule has 0 aliphatic carbocycles. The fraction of sp³-hybridized carbons (Fsp3) is 0.375. The lowest BCUT2D eigenvalue weighted by Gasteiger charge is -2.27. The highest BCUT2D eigenvalue weighted by Crippen LogP contribution is 2.12. The van der Waals surface area contributed by atoms with Gasteiger partial charge >= 0.3 is 5.97 Å². The van der Waals surface area contributed by atoms with Crippen molar-refractivity contribution in [3.63, 3.8) is 0 Å². The van der Waals surface area contributed by atoms with Gasteiger partial charge in [-0.2, -0.15) is 0 Å². The molecule has 2 N–H and O–H groups in total. The average molecular weight is 169 g/mol. The summed E-state index contributed by atoms with van der Waals surface area (Å²) in [5, 5.41) is 11.5. The molecule has 1 aliphatic heterocycles. The van der Waals surface area contributed by atoms with Gasteiger partial charge in [-0.15, -0.1) is 0 Å². The third kappa shape index (κ3) is 1.48. The lowest BCUT2D eigenvalue weighted by molar-refractivity contribution is -0.161. The maximum atomic E-state index is 10.8. The van der Waals surface area contributed by atoms with Crippen LogP contribution >= 0.6 is 0 Å². The van der Waals surface area contributed by atoms with Gasteiger partial charge in [0.1, 0.15) is 0 Å². The van der Waals surface area contributed by atoms with Crippen molar-refractivity contribution in [2.75, 3.05) is 6.61 Å². The fourth-order valence-electron chi connectivity index (χ4n) is 0.979. The second kappa shape index (κ2) is 3.40. The van der Waals surface area contributed by atoms with E-state index in [9.17, 15) is 4.79 Å². The highest BCUT2D eigenvalue weighted by molar-refractivity contribution is 5.80. The smallest absolute Gasteiger partial charge is 0.361 e. The molecule has 0 spiro atoms. The lowest BCUT2D eigenvalue weighted by Crippen LogP contribution is -2.51. The number of carboxylic acids is 1. The molecule has 1 aliphatic rings. The molecule has 1 heterocycles. The molecule has 0 amide bonds. The van der Waals surface area contributed by atoms with Gasteiger partial charge in [-0.05, 0) is 25.3 Å². The van der Waals surface area contributed by atoms with Crippen molar-refractivity contribution < 1.29 is 14.6 Å². The number of allylic oxidation sites excluding steroid dienone is 2. The minimum absolute atomic E-state index is 0.345. The second-order valence-corrected chi connectivity index (χ2v) is 2.34. The Bertz CT molecular complexity index is 234. The minimum Gasteiger partial charge on any atom is -0.477 e. The topological polar surface area (TPSA) is 58.6 Å². The molecule has 0 saturated carbocycles. The number of nitrogens with one attached hydrogen (secondary N) is 1. The van der Waals surface area contributed by atoms with Gasteiger partial charge in [-0.1, -0.05) is 6.08 Å². The van der Waals surface area contributed by atoms with Crippen molar-refractivity contribution in [3.05, 3.63) is 24.4 Å². The van der Waals surface area contributed by atoms with Gasteiger partial charge < -0.3 is 15.2 Å². The maximum Gasteiger partial charge on any atom is 0.361 e. The predicted octanol–water partition coefficient (Wildman–Crippen LogP) is 0.477. The van der Waals surface area contributed by atoms with Crippen LogP contribution in [0.25, 0.3) is 0 Å². The fourth-order valence-corrected chi connectivity index (χ4v) is 0.979. The van der Waals surface area contributed by atoms with Crippen LogP contribution in [0.3, 0.4) is 0 Å². The molecule has 0 aromatic rings. The summed E-state index contributed by atoms with van der Waals surface area (Å²) < 4.78 is 5.08. The summed E-state index contributed by atoms with van der Waals surface area (Å²) in [7, 11) is 0. The number of aliphatic carboxylic acids is 1. The Kier molecular flexibility index (Phi) is 2.50. The second-order valence-electron chi connectivity index (χ2n) is 2.34. The molecule has 0 bridgehead atoms. The van der Waals surface area contributed by atoms with Crippen molar-refractivity contribution in [1.82, 2.24) is 5.32 Å². The molecule has 4 nitrogen and oxygen atoms in total. The van der Waals surface area contributed by atoms with Crippen molar-refractivity contribution in [1.29, 1.82) is 0 Å². The quantitative estimate of drug-likeness (QED) is 0.645. The van der Waals surface area contributed by atoms with Crippen LogP contribution in [0.1, 0.15) is 6.92 Å². The molecular formula is C8H11NO3. The summed E-state index contributed by atoms with van der Waals surface area (Å²) in [6.07, 6.45) is 6.36. The Hall–Kier alpha value is -1.29. The number of hydrogen-bond acceptors (Lipinski definition) is 3. The van der Waals surface area contributed by atoms with Crippen molar-refractivity contribution >= 4 is 5.97 Å². The Morgan fingerprint density at radius 2 is 2.42 bits per heavy atom. The Morgan fingerprint density at radius 3 is 2.83 bits per heavy atom. The molecule has 0 aromatic heterocycles. The van der Waals surface area contributed by atoms with Crippen LogP contribution in [0.15, 0.2) is 24.4 Å². The number of rotatable bonds is 3. The number of carbonyl (C=O) groups is 1. The Morgan fingerprint density at radius 1 is 1.67 bits per heavy atom. The van der Waals surface area contributed by atoms with E-state index in [4.69, 9.17) is 9.84 Å². The minimum atomic E-state index is -1.37. The zero-order chi connectivity index (χ0) is 9.03. The third-order valence-electron chi connectivity index (χ3n) is 1.53. The van der Waals surface area contributed by atoms with Crippen LogP contribution in [-0.2, 0) is 9.53 Å². The third-order valence-corrected chi connectivity index (χ3v) is 1.53. The first-order valence-electron chi connectivity index (χ1n) is 3.70. The van der Waals surface area contributed by atoms with E-state index in [0.29, 0.717) is 6.61 Å². The van der Waals surface area contributed by atoms with Gasteiger partial charge in [-0.3, -0.25) is 0 Å². The van der Waals surface area contributed by atoms with E-state index in [1.807, 2.05) is 0 Å². The molecule has 1 unspecified atom stereocenters. The summed E-state index contributed by atoms with van der Waals surface area (Å²) in [5.41, 5.74) is -1.37. The van der Waals surface area contributed by atoms with Crippen molar-refractivity contribution in [2.24, 2.45) is 0 Å².